The summed E-state index contributed by atoms with van der Waals surface area (Å²) in [4.78, 5) is 12.3. The van der Waals surface area contributed by atoms with Gasteiger partial charge in [-0.05, 0) is 78.4 Å². The van der Waals surface area contributed by atoms with Crippen molar-refractivity contribution in [2.75, 3.05) is 0 Å². The molecule has 37 heavy (non-hydrogen) atoms. The zero-order valence-corrected chi connectivity index (χ0v) is 22.2. The Morgan fingerprint density at radius 1 is 0.811 bits per heavy atom. The van der Waals surface area contributed by atoms with Crippen molar-refractivity contribution >= 4 is 56.9 Å². The van der Waals surface area contributed by atoms with Crippen LogP contribution in [-0.2, 0) is 23.1 Å². The van der Waals surface area contributed by atoms with Crippen molar-refractivity contribution in [2.24, 2.45) is 5.10 Å². The Morgan fingerprint density at radius 2 is 1.38 bits per heavy atom. The van der Waals surface area contributed by atoms with Crippen LogP contribution in [0.3, 0.4) is 0 Å². The topological polar surface area (TPSA) is 92.0 Å². The Morgan fingerprint density at radius 3 is 2.00 bits per heavy atom. The maximum Gasteiger partial charge on any atom is 0.271 e. The fraction of sp³-hybridized carbons (Fsp3) is 0.0769. The lowest BCUT2D eigenvalue weighted by atomic mass is 10.2. The number of benzene rings is 3. The van der Waals surface area contributed by atoms with E-state index in [1.54, 1.807) is 60.7 Å². The molecule has 0 aliphatic heterocycles. The molecule has 190 valence electrons. The minimum Gasteiger partial charge on any atom is -0.459 e. The average molecular weight is 577 g/mol. The van der Waals surface area contributed by atoms with E-state index in [0.29, 0.717) is 32.2 Å². The van der Waals surface area contributed by atoms with E-state index < -0.39 is 15.9 Å². The third-order valence-electron chi connectivity index (χ3n) is 5.20. The first-order chi connectivity index (χ1) is 17.7. The summed E-state index contributed by atoms with van der Waals surface area (Å²) in [6.45, 7) is 0.0436. The molecule has 0 fully saturated rings. The normalized spacial score (nSPS) is 11.8. The summed E-state index contributed by atoms with van der Waals surface area (Å²) in [6, 6.07) is 22.5. The number of carbonyl (C=O) groups is 1. The molecule has 7 nitrogen and oxygen atoms in total. The highest BCUT2D eigenvalue weighted by molar-refractivity contribution is 7.89. The number of rotatable bonds is 9. The third kappa shape index (κ3) is 7.21. The molecule has 0 atom stereocenters. The summed E-state index contributed by atoms with van der Waals surface area (Å²) >= 11 is 17.8. The fourth-order valence-electron chi connectivity index (χ4n) is 3.32. The quantitative estimate of drug-likeness (QED) is 0.184. The second-order valence-electron chi connectivity index (χ2n) is 7.86. The van der Waals surface area contributed by atoms with E-state index in [2.05, 4.69) is 10.5 Å². The first kappa shape index (κ1) is 26.9. The second-order valence-corrected chi connectivity index (χ2v) is 11.1. The van der Waals surface area contributed by atoms with E-state index in [-0.39, 0.29) is 18.0 Å². The van der Waals surface area contributed by atoms with E-state index in [4.69, 9.17) is 39.2 Å². The number of furan rings is 1. The minimum absolute atomic E-state index is 0.0431. The van der Waals surface area contributed by atoms with Gasteiger partial charge >= 0.3 is 0 Å². The van der Waals surface area contributed by atoms with Crippen LogP contribution in [0.4, 0.5) is 0 Å². The lowest BCUT2D eigenvalue weighted by molar-refractivity contribution is 0.0955. The number of hydrazone groups is 1. The van der Waals surface area contributed by atoms with Crippen molar-refractivity contribution in [3.8, 4) is 0 Å². The Hall–Kier alpha value is -3.14. The van der Waals surface area contributed by atoms with E-state index >= 15 is 0 Å². The lowest BCUT2D eigenvalue weighted by Crippen LogP contribution is -2.30. The maximum absolute atomic E-state index is 13.5. The number of nitrogens with one attached hydrogen (secondary N) is 1. The molecule has 1 N–H and O–H groups in total. The number of hydrogen-bond donors (Lipinski definition) is 1. The van der Waals surface area contributed by atoms with Gasteiger partial charge in [0.25, 0.3) is 5.91 Å². The van der Waals surface area contributed by atoms with Gasteiger partial charge in [0, 0.05) is 27.2 Å². The van der Waals surface area contributed by atoms with E-state index in [9.17, 15) is 13.2 Å². The fourth-order valence-corrected chi connectivity index (χ4v) is 5.09. The molecule has 0 saturated carbocycles. The Kier molecular flexibility index (Phi) is 8.68. The Bertz CT molecular complexity index is 1500. The summed E-state index contributed by atoms with van der Waals surface area (Å²) in [7, 11) is -3.90. The van der Waals surface area contributed by atoms with Crippen molar-refractivity contribution in [1.82, 2.24) is 9.73 Å². The van der Waals surface area contributed by atoms with Crippen molar-refractivity contribution in [2.45, 2.75) is 18.0 Å². The molecule has 0 aliphatic rings. The molecule has 0 unspecified atom stereocenters. The standard InChI is InChI=1S/C26H20Cl3N3O4S/c27-20-5-1-18(2-6-20)16-32(37(34,35)25-13-9-22(29)10-14-25)17-24-12-11-23(36-24)15-30-31-26(33)19-3-7-21(28)8-4-19/h1-15H,16-17H2,(H,31,33)/b30-15-. The maximum atomic E-state index is 13.5. The molecule has 0 spiro atoms. The van der Waals surface area contributed by atoms with Crippen LogP contribution >= 0.6 is 34.8 Å². The van der Waals surface area contributed by atoms with E-state index in [0.717, 1.165) is 5.56 Å². The number of halogens is 3. The first-order valence-corrected chi connectivity index (χ1v) is 13.5. The summed E-state index contributed by atoms with van der Waals surface area (Å²) in [5.74, 6) is 0.307. The Labute approximate surface area is 229 Å². The van der Waals surface area contributed by atoms with Crippen LogP contribution in [-0.4, -0.2) is 24.8 Å². The number of amides is 1. The van der Waals surface area contributed by atoms with Gasteiger partial charge in [0.1, 0.15) is 11.5 Å². The summed E-state index contributed by atoms with van der Waals surface area (Å²) in [5, 5.41) is 5.41. The van der Waals surface area contributed by atoms with Crippen LogP contribution in [0.5, 0.6) is 0 Å². The van der Waals surface area contributed by atoms with Gasteiger partial charge in [-0.2, -0.15) is 9.41 Å². The third-order valence-corrected chi connectivity index (χ3v) is 7.76. The first-order valence-electron chi connectivity index (χ1n) is 10.9. The number of hydrogen-bond acceptors (Lipinski definition) is 5. The van der Waals surface area contributed by atoms with Crippen LogP contribution in [0.1, 0.15) is 27.4 Å². The van der Waals surface area contributed by atoms with Gasteiger partial charge in [-0.25, -0.2) is 13.8 Å². The number of carbonyl (C=O) groups excluding carboxylic acids is 1. The highest BCUT2D eigenvalue weighted by Crippen LogP contribution is 2.24. The number of nitrogens with zero attached hydrogens (tertiary/aromatic N) is 2. The van der Waals surface area contributed by atoms with Crippen LogP contribution < -0.4 is 5.43 Å². The molecular weight excluding hydrogens is 557 g/mol. The van der Waals surface area contributed by atoms with E-state index in [1.807, 2.05) is 0 Å². The zero-order chi connectivity index (χ0) is 26.4. The van der Waals surface area contributed by atoms with Crippen molar-refractivity contribution in [3.05, 3.63) is 123 Å². The molecule has 4 aromatic rings. The molecule has 1 amide bonds. The second kappa shape index (κ2) is 11.9. The number of sulfonamides is 1. The Balaban J connectivity index is 1.50. The van der Waals surface area contributed by atoms with Crippen molar-refractivity contribution in [3.63, 3.8) is 0 Å². The van der Waals surface area contributed by atoms with Gasteiger partial charge in [0.2, 0.25) is 10.0 Å². The van der Waals surface area contributed by atoms with Crippen molar-refractivity contribution < 1.29 is 17.6 Å². The summed E-state index contributed by atoms with van der Waals surface area (Å²) in [6.07, 6.45) is 1.33. The van der Waals surface area contributed by atoms with Gasteiger partial charge in [-0.1, -0.05) is 46.9 Å². The van der Waals surface area contributed by atoms with Gasteiger partial charge in [0.05, 0.1) is 17.7 Å². The van der Waals surface area contributed by atoms with Crippen LogP contribution in [0, 0.1) is 0 Å². The van der Waals surface area contributed by atoms with Gasteiger partial charge in [0.15, 0.2) is 0 Å². The molecule has 4 rings (SSSR count). The highest BCUT2D eigenvalue weighted by atomic mass is 35.5. The minimum atomic E-state index is -3.90. The summed E-state index contributed by atoms with van der Waals surface area (Å²) in [5.41, 5.74) is 3.55. The van der Waals surface area contributed by atoms with Crippen LogP contribution in [0.2, 0.25) is 15.1 Å². The molecule has 3 aromatic carbocycles. The van der Waals surface area contributed by atoms with Crippen LogP contribution in [0.15, 0.2) is 99.3 Å². The highest BCUT2D eigenvalue weighted by Gasteiger charge is 2.26. The van der Waals surface area contributed by atoms with Gasteiger partial charge < -0.3 is 4.42 Å². The smallest absolute Gasteiger partial charge is 0.271 e. The molecule has 1 aromatic heterocycles. The van der Waals surface area contributed by atoms with E-state index in [1.165, 1.54) is 34.8 Å². The molecular formula is C26H20Cl3N3O4S. The lowest BCUT2D eigenvalue weighted by Gasteiger charge is -2.21. The SMILES string of the molecule is O=C(N/N=C\c1ccc(CN(Cc2ccc(Cl)cc2)S(=O)(=O)c2ccc(Cl)cc2)o1)c1ccc(Cl)cc1. The zero-order valence-electron chi connectivity index (χ0n) is 19.1. The van der Waals surface area contributed by atoms with Crippen LogP contribution in [0.25, 0.3) is 0 Å². The van der Waals surface area contributed by atoms with Crippen molar-refractivity contribution in [1.29, 1.82) is 0 Å². The molecule has 0 saturated heterocycles. The molecule has 1 heterocycles. The average Bonchev–Trinajstić information content (AvgIpc) is 3.32. The summed E-state index contributed by atoms with van der Waals surface area (Å²) < 4.78 is 34.0. The van der Waals surface area contributed by atoms with Gasteiger partial charge in [-0.15, -0.1) is 0 Å². The molecule has 0 radical (unpaired) electrons. The predicted molar refractivity (Wildman–Crippen MR) is 145 cm³/mol. The molecule has 0 bridgehead atoms. The molecule has 0 aliphatic carbocycles. The predicted octanol–water partition coefficient (Wildman–Crippen LogP) is 6.39. The monoisotopic (exact) mass is 575 g/mol. The largest absolute Gasteiger partial charge is 0.459 e. The van der Waals surface area contributed by atoms with Gasteiger partial charge in [-0.3, -0.25) is 4.79 Å². The molecule has 11 heteroatoms.